The van der Waals surface area contributed by atoms with Crippen molar-refractivity contribution < 1.29 is 4.79 Å². The van der Waals surface area contributed by atoms with E-state index in [2.05, 4.69) is 10.4 Å². The summed E-state index contributed by atoms with van der Waals surface area (Å²) in [5, 5.41) is 6.98. The molecule has 0 aliphatic carbocycles. The van der Waals surface area contributed by atoms with Gasteiger partial charge in [0.2, 0.25) is 0 Å². The Kier molecular flexibility index (Phi) is 3.51. The molecule has 1 heterocycles. The maximum atomic E-state index is 12.5. The Morgan fingerprint density at radius 2 is 1.71 bits per heavy atom. The molecule has 0 spiro atoms. The Hall–Kier alpha value is -2.88. The molecule has 3 aromatic rings. The summed E-state index contributed by atoms with van der Waals surface area (Å²) in [5.41, 5.74) is 2.56. The number of anilines is 1. The van der Waals surface area contributed by atoms with Gasteiger partial charge < -0.3 is 5.32 Å². The Balaban J connectivity index is 1.93. The summed E-state index contributed by atoms with van der Waals surface area (Å²) in [6.45, 7) is 0. The highest BCUT2D eigenvalue weighted by atomic mass is 16.1. The lowest BCUT2D eigenvalue weighted by atomic mass is 9.99. The van der Waals surface area contributed by atoms with Gasteiger partial charge in [-0.05, 0) is 17.2 Å². The van der Waals surface area contributed by atoms with Crippen LogP contribution in [0.1, 0.15) is 10.4 Å². The minimum atomic E-state index is -0.159. The summed E-state index contributed by atoms with van der Waals surface area (Å²) in [6, 6.07) is 19.2. The Bertz CT molecular complexity index is 762. The average molecular weight is 277 g/mol. The van der Waals surface area contributed by atoms with Crippen LogP contribution in [0.25, 0.3) is 11.1 Å². The highest BCUT2D eigenvalue weighted by molar-refractivity contribution is 6.08. The summed E-state index contributed by atoms with van der Waals surface area (Å²) >= 11 is 0. The molecular weight excluding hydrogens is 262 g/mol. The van der Waals surface area contributed by atoms with Crippen LogP contribution in [0.3, 0.4) is 0 Å². The highest BCUT2D eigenvalue weighted by Crippen LogP contribution is 2.24. The van der Waals surface area contributed by atoms with Gasteiger partial charge in [-0.1, -0.05) is 48.5 Å². The van der Waals surface area contributed by atoms with Gasteiger partial charge in [-0.2, -0.15) is 5.10 Å². The lowest BCUT2D eigenvalue weighted by Gasteiger charge is -2.09. The van der Waals surface area contributed by atoms with Crippen LogP contribution >= 0.6 is 0 Å². The first kappa shape index (κ1) is 13.1. The third-order valence-electron chi connectivity index (χ3n) is 3.21. The van der Waals surface area contributed by atoms with Gasteiger partial charge in [0, 0.05) is 24.9 Å². The second kappa shape index (κ2) is 5.63. The SMILES string of the molecule is Cn1ccc(NC(=O)c2ccccc2-c2ccccc2)n1. The lowest BCUT2D eigenvalue weighted by molar-refractivity contribution is 0.102. The highest BCUT2D eigenvalue weighted by Gasteiger charge is 2.13. The van der Waals surface area contributed by atoms with E-state index in [1.54, 1.807) is 16.9 Å². The summed E-state index contributed by atoms with van der Waals surface area (Å²) in [4.78, 5) is 12.5. The average Bonchev–Trinajstić information content (AvgIpc) is 2.93. The predicted octanol–water partition coefficient (Wildman–Crippen LogP) is 3.34. The molecule has 0 aliphatic heterocycles. The Labute approximate surface area is 123 Å². The Morgan fingerprint density at radius 3 is 2.43 bits per heavy atom. The van der Waals surface area contributed by atoms with E-state index in [9.17, 15) is 4.79 Å². The van der Waals surface area contributed by atoms with Crippen molar-refractivity contribution in [3.8, 4) is 11.1 Å². The van der Waals surface area contributed by atoms with Crippen molar-refractivity contribution in [1.29, 1.82) is 0 Å². The monoisotopic (exact) mass is 277 g/mol. The molecule has 1 N–H and O–H groups in total. The number of carbonyl (C=O) groups is 1. The van der Waals surface area contributed by atoms with E-state index in [0.29, 0.717) is 11.4 Å². The quantitative estimate of drug-likeness (QED) is 0.798. The maximum absolute atomic E-state index is 12.5. The van der Waals surface area contributed by atoms with Crippen LogP contribution in [0.4, 0.5) is 5.82 Å². The minimum absolute atomic E-state index is 0.159. The van der Waals surface area contributed by atoms with Crippen LogP contribution in [0.15, 0.2) is 66.9 Å². The van der Waals surface area contributed by atoms with Crippen LogP contribution in [0, 0.1) is 0 Å². The summed E-state index contributed by atoms with van der Waals surface area (Å²) in [5.74, 6) is 0.388. The van der Waals surface area contributed by atoms with E-state index in [0.717, 1.165) is 11.1 Å². The van der Waals surface area contributed by atoms with Crippen molar-refractivity contribution in [2.45, 2.75) is 0 Å². The van der Waals surface area contributed by atoms with Gasteiger partial charge in [-0.15, -0.1) is 0 Å². The summed E-state index contributed by atoms with van der Waals surface area (Å²) in [6.07, 6.45) is 1.79. The molecule has 0 saturated carbocycles. The predicted molar refractivity (Wildman–Crippen MR) is 83.0 cm³/mol. The maximum Gasteiger partial charge on any atom is 0.257 e. The molecule has 1 amide bonds. The second-order valence-corrected chi connectivity index (χ2v) is 4.74. The molecule has 4 nitrogen and oxygen atoms in total. The number of amides is 1. The zero-order valence-corrected chi connectivity index (χ0v) is 11.7. The largest absolute Gasteiger partial charge is 0.305 e. The third kappa shape index (κ3) is 2.84. The first-order valence-electron chi connectivity index (χ1n) is 6.69. The molecule has 21 heavy (non-hydrogen) atoms. The number of benzene rings is 2. The number of rotatable bonds is 3. The van der Waals surface area contributed by atoms with Gasteiger partial charge in [0.25, 0.3) is 5.91 Å². The number of carbonyl (C=O) groups excluding carboxylic acids is 1. The minimum Gasteiger partial charge on any atom is -0.305 e. The fraction of sp³-hybridized carbons (Fsp3) is 0.0588. The molecule has 0 bridgehead atoms. The van der Waals surface area contributed by atoms with E-state index in [-0.39, 0.29) is 5.91 Å². The van der Waals surface area contributed by atoms with Crippen molar-refractivity contribution in [3.05, 3.63) is 72.4 Å². The zero-order valence-electron chi connectivity index (χ0n) is 11.7. The number of aromatic nitrogens is 2. The van der Waals surface area contributed by atoms with Crippen LogP contribution in [0.5, 0.6) is 0 Å². The van der Waals surface area contributed by atoms with Gasteiger partial charge in [0.1, 0.15) is 0 Å². The van der Waals surface area contributed by atoms with Crippen molar-refractivity contribution >= 4 is 11.7 Å². The normalized spacial score (nSPS) is 10.3. The molecule has 0 fully saturated rings. The zero-order chi connectivity index (χ0) is 14.7. The number of hydrogen-bond acceptors (Lipinski definition) is 2. The molecule has 3 rings (SSSR count). The number of hydrogen-bond donors (Lipinski definition) is 1. The van der Waals surface area contributed by atoms with E-state index >= 15 is 0 Å². The van der Waals surface area contributed by atoms with E-state index in [1.165, 1.54) is 0 Å². The molecule has 2 aromatic carbocycles. The summed E-state index contributed by atoms with van der Waals surface area (Å²) < 4.78 is 1.65. The van der Waals surface area contributed by atoms with E-state index in [1.807, 2.05) is 61.6 Å². The standard InChI is InChI=1S/C17H15N3O/c1-20-12-11-16(19-20)18-17(21)15-10-6-5-9-14(15)13-7-3-2-4-8-13/h2-12H,1H3,(H,18,19,21). The van der Waals surface area contributed by atoms with Gasteiger partial charge >= 0.3 is 0 Å². The van der Waals surface area contributed by atoms with Crippen molar-refractivity contribution in [2.24, 2.45) is 7.05 Å². The molecule has 104 valence electrons. The van der Waals surface area contributed by atoms with E-state index in [4.69, 9.17) is 0 Å². The fourth-order valence-corrected chi connectivity index (χ4v) is 2.22. The topological polar surface area (TPSA) is 46.9 Å². The lowest BCUT2D eigenvalue weighted by Crippen LogP contribution is -2.13. The number of nitrogens with one attached hydrogen (secondary N) is 1. The van der Waals surface area contributed by atoms with Crippen LogP contribution in [-0.2, 0) is 7.05 Å². The third-order valence-corrected chi connectivity index (χ3v) is 3.21. The van der Waals surface area contributed by atoms with Crippen molar-refractivity contribution in [2.75, 3.05) is 5.32 Å². The fourth-order valence-electron chi connectivity index (χ4n) is 2.22. The first-order valence-corrected chi connectivity index (χ1v) is 6.69. The van der Waals surface area contributed by atoms with Gasteiger partial charge in [0.05, 0.1) is 0 Å². The van der Waals surface area contributed by atoms with Gasteiger partial charge in [-0.3, -0.25) is 9.48 Å². The van der Waals surface area contributed by atoms with Crippen molar-refractivity contribution in [1.82, 2.24) is 9.78 Å². The van der Waals surface area contributed by atoms with Crippen LogP contribution in [-0.4, -0.2) is 15.7 Å². The molecule has 0 atom stereocenters. The molecule has 0 radical (unpaired) electrons. The Morgan fingerprint density at radius 1 is 1.00 bits per heavy atom. The molecule has 0 unspecified atom stereocenters. The molecule has 4 heteroatoms. The first-order chi connectivity index (χ1) is 10.2. The van der Waals surface area contributed by atoms with Crippen LogP contribution < -0.4 is 5.32 Å². The molecule has 0 aliphatic rings. The van der Waals surface area contributed by atoms with Gasteiger partial charge in [-0.25, -0.2) is 0 Å². The smallest absolute Gasteiger partial charge is 0.257 e. The van der Waals surface area contributed by atoms with Crippen molar-refractivity contribution in [3.63, 3.8) is 0 Å². The summed E-state index contributed by atoms with van der Waals surface area (Å²) in [7, 11) is 1.81. The van der Waals surface area contributed by atoms with Crippen LogP contribution in [0.2, 0.25) is 0 Å². The number of aryl methyl sites for hydroxylation is 1. The number of nitrogens with zero attached hydrogens (tertiary/aromatic N) is 2. The molecule has 1 aromatic heterocycles. The molecular formula is C17H15N3O. The van der Waals surface area contributed by atoms with Gasteiger partial charge in [0.15, 0.2) is 5.82 Å². The molecule has 0 saturated heterocycles. The second-order valence-electron chi connectivity index (χ2n) is 4.74. The van der Waals surface area contributed by atoms with E-state index < -0.39 is 0 Å².